The van der Waals surface area contributed by atoms with Gasteiger partial charge in [-0.2, -0.15) is 5.10 Å². The van der Waals surface area contributed by atoms with E-state index in [1.165, 1.54) is 12.8 Å². The molecule has 3 nitrogen and oxygen atoms in total. The van der Waals surface area contributed by atoms with Crippen molar-refractivity contribution in [2.45, 2.75) is 25.4 Å². The van der Waals surface area contributed by atoms with Gasteiger partial charge in [0.2, 0.25) is 0 Å². The number of benzene rings is 1. The van der Waals surface area contributed by atoms with Crippen molar-refractivity contribution in [1.82, 2.24) is 15.1 Å². The van der Waals surface area contributed by atoms with Crippen LogP contribution in [0.1, 0.15) is 18.4 Å². The van der Waals surface area contributed by atoms with E-state index in [1.54, 1.807) is 0 Å². The van der Waals surface area contributed by atoms with Crippen LogP contribution in [0.4, 0.5) is 0 Å². The van der Waals surface area contributed by atoms with Gasteiger partial charge >= 0.3 is 0 Å². The summed E-state index contributed by atoms with van der Waals surface area (Å²) in [5.41, 5.74) is 2.17. The fourth-order valence-corrected chi connectivity index (χ4v) is 2.53. The maximum absolute atomic E-state index is 6.31. The zero-order chi connectivity index (χ0) is 12.5. The fraction of sp³-hybridized carbons (Fsp3) is 0.308. The predicted octanol–water partition coefficient (Wildman–Crippen LogP) is 3.38. The summed E-state index contributed by atoms with van der Waals surface area (Å²) in [6.45, 7) is 0.802. The number of hydrogen-bond donors (Lipinski definition) is 1. The summed E-state index contributed by atoms with van der Waals surface area (Å²) in [5, 5.41) is 8.65. The number of aromatic nitrogens is 2. The van der Waals surface area contributed by atoms with E-state index in [0.717, 1.165) is 26.4 Å². The van der Waals surface area contributed by atoms with Gasteiger partial charge in [-0.15, -0.1) is 0 Å². The zero-order valence-corrected chi connectivity index (χ0v) is 12.6. The molecule has 1 aromatic heterocycles. The first kappa shape index (κ1) is 12.4. The summed E-state index contributed by atoms with van der Waals surface area (Å²) in [4.78, 5) is 0. The Bertz CT molecular complexity index is 563. The topological polar surface area (TPSA) is 29.9 Å². The Morgan fingerprint density at radius 1 is 1.44 bits per heavy atom. The van der Waals surface area contributed by atoms with Crippen LogP contribution in [0.5, 0.6) is 0 Å². The molecule has 1 heterocycles. The van der Waals surface area contributed by atoms with Crippen molar-refractivity contribution in [1.29, 1.82) is 0 Å². The van der Waals surface area contributed by atoms with Crippen molar-refractivity contribution in [3.05, 3.63) is 44.7 Å². The maximum Gasteiger partial charge on any atom is 0.0705 e. The molecule has 5 heteroatoms. The molecular weight excluding hydrogens is 361 g/mol. The van der Waals surface area contributed by atoms with Crippen LogP contribution in [0.3, 0.4) is 0 Å². The summed E-state index contributed by atoms with van der Waals surface area (Å²) in [5.74, 6) is 0. The quantitative estimate of drug-likeness (QED) is 0.833. The number of halogens is 2. The lowest BCUT2D eigenvalue weighted by molar-refractivity contribution is 0.681. The van der Waals surface area contributed by atoms with Gasteiger partial charge in [0.05, 0.1) is 15.5 Å². The van der Waals surface area contributed by atoms with Crippen molar-refractivity contribution < 1.29 is 0 Å². The second kappa shape index (κ2) is 5.19. The SMILES string of the molecule is Clc1cccc(-n2cc(I)cn2)c1CNC1CC1. The molecule has 18 heavy (non-hydrogen) atoms. The Morgan fingerprint density at radius 2 is 2.28 bits per heavy atom. The Kier molecular flexibility index (Phi) is 3.59. The second-order valence-electron chi connectivity index (χ2n) is 4.50. The van der Waals surface area contributed by atoms with Gasteiger partial charge in [0.15, 0.2) is 0 Å². The third-order valence-electron chi connectivity index (χ3n) is 3.04. The average Bonchev–Trinajstić information content (AvgIpc) is 3.08. The summed E-state index contributed by atoms with van der Waals surface area (Å²) < 4.78 is 3.01. The smallest absolute Gasteiger partial charge is 0.0705 e. The van der Waals surface area contributed by atoms with Gasteiger partial charge in [0.25, 0.3) is 0 Å². The van der Waals surface area contributed by atoms with Gasteiger partial charge in [-0.3, -0.25) is 0 Å². The lowest BCUT2D eigenvalue weighted by Gasteiger charge is -2.12. The second-order valence-corrected chi connectivity index (χ2v) is 6.15. The third kappa shape index (κ3) is 2.70. The van der Waals surface area contributed by atoms with Crippen molar-refractivity contribution in [3.63, 3.8) is 0 Å². The van der Waals surface area contributed by atoms with E-state index in [1.807, 2.05) is 29.2 Å². The number of hydrogen-bond acceptors (Lipinski definition) is 2. The minimum Gasteiger partial charge on any atom is -0.310 e. The molecule has 3 rings (SSSR count). The van der Waals surface area contributed by atoms with E-state index < -0.39 is 0 Å². The monoisotopic (exact) mass is 373 g/mol. The first-order valence-corrected chi connectivity index (χ1v) is 7.41. The van der Waals surface area contributed by atoms with Crippen molar-refractivity contribution in [2.24, 2.45) is 0 Å². The molecule has 0 bridgehead atoms. The van der Waals surface area contributed by atoms with Gasteiger partial charge in [0.1, 0.15) is 0 Å². The molecule has 0 spiro atoms. The lowest BCUT2D eigenvalue weighted by atomic mass is 10.1. The molecule has 0 amide bonds. The zero-order valence-electron chi connectivity index (χ0n) is 9.74. The summed E-state index contributed by atoms with van der Waals surface area (Å²) in [7, 11) is 0. The van der Waals surface area contributed by atoms with Crippen LogP contribution in [0.15, 0.2) is 30.6 Å². The minimum atomic E-state index is 0.673. The summed E-state index contributed by atoms with van der Waals surface area (Å²) >= 11 is 8.56. The minimum absolute atomic E-state index is 0.673. The highest BCUT2D eigenvalue weighted by Gasteiger charge is 2.21. The fourth-order valence-electron chi connectivity index (χ4n) is 1.90. The van der Waals surface area contributed by atoms with Crippen LogP contribution in [-0.2, 0) is 6.54 Å². The van der Waals surface area contributed by atoms with Gasteiger partial charge in [-0.05, 0) is 47.6 Å². The molecule has 0 radical (unpaired) electrons. The molecule has 0 saturated heterocycles. The van der Waals surface area contributed by atoms with Gasteiger partial charge in [-0.1, -0.05) is 17.7 Å². The molecule has 1 aliphatic rings. The van der Waals surface area contributed by atoms with E-state index in [2.05, 4.69) is 39.1 Å². The van der Waals surface area contributed by atoms with E-state index in [4.69, 9.17) is 11.6 Å². The van der Waals surface area contributed by atoms with Gasteiger partial charge < -0.3 is 5.32 Å². The van der Waals surface area contributed by atoms with Crippen LogP contribution in [0, 0.1) is 3.57 Å². The molecule has 1 aromatic carbocycles. The van der Waals surface area contributed by atoms with Gasteiger partial charge in [0, 0.05) is 29.4 Å². The Hall–Kier alpha value is -0.590. The van der Waals surface area contributed by atoms with Crippen LogP contribution < -0.4 is 5.32 Å². The highest BCUT2D eigenvalue weighted by molar-refractivity contribution is 14.1. The highest BCUT2D eigenvalue weighted by atomic mass is 127. The van der Waals surface area contributed by atoms with Crippen molar-refractivity contribution in [2.75, 3.05) is 0 Å². The predicted molar refractivity (Wildman–Crippen MR) is 81.2 cm³/mol. The molecule has 0 unspecified atom stereocenters. The molecule has 0 aliphatic heterocycles. The molecule has 94 valence electrons. The van der Waals surface area contributed by atoms with Crippen molar-refractivity contribution in [3.8, 4) is 5.69 Å². The first-order chi connectivity index (χ1) is 8.74. The van der Waals surface area contributed by atoms with Gasteiger partial charge in [-0.25, -0.2) is 4.68 Å². The number of nitrogens with one attached hydrogen (secondary N) is 1. The molecule has 1 N–H and O–H groups in total. The molecule has 1 fully saturated rings. The molecule has 1 aliphatic carbocycles. The Labute approximate surface area is 125 Å². The van der Waals surface area contributed by atoms with Crippen molar-refractivity contribution >= 4 is 34.2 Å². The van der Waals surface area contributed by atoms with E-state index >= 15 is 0 Å². The number of nitrogens with zero attached hydrogens (tertiary/aromatic N) is 2. The standard InChI is InChI=1S/C13H13ClIN3/c14-12-2-1-3-13(18-8-9(15)6-17-18)11(12)7-16-10-4-5-10/h1-3,6,8,10,16H,4-5,7H2. The van der Waals surface area contributed by atoms with Crippen LogP contribution in [0.2, 0.25) is 5.02 Å². The highest BCUT2D eigenvalue weighted by Crippen LogP contribution is 2.25. The first-order valence-electron chi connectivity index (χ1n) is 5.95. The molecule has 1 saturated carbocycles. The molecule has 0 atom stereocenters. The average molecular weight is 374 g/mol. The normalized spacial score (nSPS) is 15.0. The van der Waals surface area contributed by atoms with Crippen LogP contribution in [-0.4, -0.2) is 15.8 Å². The number of rotatable bonds is 4. The molecule has 2 aromatic rings. The largest absolute Gasteiger partial charge is 0.310 e. The van der Waals surface area contributed by atoms with E-state index in [9.17, 15) is 0 Å². The molecular formula is C13H13ClIN3. The summed E-state index contributed by atoms with van der Waals surface area (Å²) in [6.07, 6.45) is 6.41. The Morgan fingerprint density at radius 3 is 2.94 bits per heavy atom. The Balaban J connectivity index is 1.93. The van der Waals surface area contributed by atoms with E-state index in [0.29, 0.717) is 6.04 Å². The van der Waals surface area contributed by atoms with Crippen LogP contribution >= 0.6 is 34.2 Å². The van der Waals surface area contributed by atoms with Crippen LogP contribution in [0.25, 0.3) is 5.69 Å². The summed E-state index contributed by atoms with van der Waals surface area (Å²) in [6, 6.07) is 6.63. The lowest BCUT2D eigenvalue weighted by Crippen LogP contribution is -2.17. The third-order valence-corrected chi connectivity index (χ3v) is 3.95. The van der Waals surface area contributed by atoms with E-state index in [-0.39, 0.29) is 0 Å². The maximum atomic E-state index is 6.31.